The van der Waals surface area contributed by atoms with Gasteiger partial charge in [0.1, 0.15) is 0 Å². The van der Waals surface area contributed by atoms with Crippen LogP contribution in [0.25, 0.3) is 0 Å². The molecule has 1 aromatic carbocycles. The highest BCUT2D eigenvalue weighted by atomic mass is 35.5. The lowest BCUT2D eigenvalue weighted by atomic mass is 10.1. The summed E-state index contributed by atoms with van der Waals surface area (Å²) in [6, 6.07) is 7.64. The van der Waals surface area contributed by atoms with Gasteiger partial charge in [-0.3, -0.25) is 9.89 Å². The van der Waals surface area contributed by atoms with E-state index in [0.717, 1.165) is 35.5 Å². The van der Waals surface area contributed by atoms with Gasteiger partial charge in [-0.15, -0.1) is 12.4 Å². The minimum absolute atomic E-state index is 0. The highest BCUT2D eigenvalue weighted by Gasteiger charge is 2.21. The maximum absolute atomic E-state index is 12.5. The second-order valence-electron chi connectivity index (χ2n) is 5.86. The quantitative estimate of drug-likeness (QED) is 0.611. The van der Waals surface area contributed by atoms with Gasteiger partial charge in [0, 0.05) is 43.1 Å². The van der Waals surface area contributed by atoms with Crippen LogP contribution in [0.1, 0.15) is 34.2 Å². The van der Waals surface area contributed by atoms with Gasteiger partial charge in [-0.2, -0.15) is 5.10 Å². The van der Waals surface area contributed by atoms with Crippen LogP contribution in [0, 0.1) is 0 Å². The van der Waals surface area contributed by atoms with E-state index in [9.17, 15) is 4.79 Å². The van der Waals surface area contributed by atoms with Crippen molar-refractivity contribution in [2.24, 2.45) is 0 Å². The summed E-state index contributed by atoms with van der Waals surface area (Å²) in [5.74, 6) is -0.199. The molecule has 142 valence electrons. The zero-order chi connectivity index (χ0) is 17.5. The number of amides is 1. The normalized spacial score (nSPS) is 13.0. The molecule has 0 atom stereocenters. The molecule has 0 aliphatic carbocycles. The minimum Gasteiger partial charge on any atom is -0.379 e. The largest absolute Gasteiger partial charge is 0.379 e. The highest BCUT2D eigenvalue weighted by molar-refractivity contribution is 6.04. The number of nitrogens with one attached hydrogen (secondary N) is 3. The Bertz CT molecular complexity index is 720. The molecular formula is C18H25ClN4O3. The smallest absolute Gasteiger partial charge is 0.276 e. The zero-order valence-electron chi connectivity index (χ0n) is 14.8. The molecule has 0 saturated heterocycles. The number of ether oxygens (including phenoxy) is 2. The minimum atomic E-state index is -0.199. The first-order valence-corrected chi connectivity index (χ1v) is 8.60. The van der Waals surface area contributed by atoms with Crippen molar-refractivity contribution < 1.29 is 14.3 Å². The summed E-state index contributed by atoms with van der Waals surface area (Å²) in [5.41, 5.74) is 4.19. The van der Waals surface area contributed by atoms with Gasteiger partial charge in [-0.1, -0.05) is 12.1 Å². The number of carbonyl (C=O) groups excluding carboxylic acids is 1. The van der Waals surface area contributed by atoms with Crippen molar-refractivity contribution in [3.05, 3.63) is 46.8 Å². The fourth-order valence-electron chi connectivity index (χ4n) is 2.79. The molecule has 26 heavy (non-hydrogen) atoms. The molecule has 2 heterocycles. The molecule has 8 heteroatoms. The van der Waals surface area contributed by atoms with E-state index in [-0.39, 0.29) is 18.3 Å². The van der Waals surface area contributed by atoms with Gasteiger partial charge in [0.05, 0.1) is 19.8 Å². The van der Waals surface area contributed by atoms with Crippen LogP contribution in [0.2, 0.25) is 0 Å². The Morgan fingerprint density at radius 3 is 3.00 bits per heavy atom. The summed E-state index contributed by atoms with van der Waals surface area (Å²) in [6.45, 7) is 5.85. The van der Waals surface area contributed by atoms with Crippen molar-refractivity contribution in [1.82, 2.24) is 15.5 Å². The summed E-state index contributed by atoms with van der Waals surface area (Å²) in [7, 11) is 0. The first-order chi connectivity index (χ1) is 12.3. The third kappa shape index (κ3) is 5.28. The Kier molecular flexibility index (Phi) is 8.06. The number of H-pyrrole nitrogens is 1. The van der Waals surface area contributed by atoms with Crippen molar-refractivity contribution in [3.8, 4) is 0 Å². The average Bonchev–Trinajstić information content (AvgIpc) is 3.06. The lowest BCUT2D eigenvalue weighted by Gasteiger charge is -2.13. The third-order valence-electron chi connectivity index (χ3n) is 4.05. The zero-order valence-corrected chi connectivity index (χ0v) is 15.7. The SMILES string of the molecule is CCOCCOCc1cccc(NC(=O)c2n[nH]c3c2CNCC3)c1.Cl. The number of fused-ring (bicyclic) bond motifs is 1. The molecule has 3 rings (SSSR count). The number of anilines is 1. The Hall–Kier alpha value is -1.93. The van der Waals surface area contributed by atoms with Crippen molar-refractivity contribution in [2.45, 2.75) is 26.5 Å². The lowest BCUT2D eigenvalue weighted by Crippen LogP contribution is -2.25. The van der Waals surface area contributed by atoms with Gasteiger partial charge in [-0.05, 0) is 24.6 Å². The van der Waals surface area contributed by atoms with Crippen LogP contribution >= 0.6 is 12.4 Å². The molecular weight excluding hydrogens is 356 g/mol. The number of carbonyl (C=O) groups is 1. The van der Waals surface area contributed by atoms with Crippen molar-refractivity contribution >= 4 is 24.0 Å². The molecule has 1 aromatic heterocycles. The Labute approximate surface area is 159 Å². The first kappa shape index (κ1) is 20.4. The summed E-state index contributed by atoms with van der Waals surface area (Å²) >= 11 is 0. The Morgan fingerprint density at radius 1 is 1.31 bits per heavy atom. The molecule has 0 saturated carbocycles. The number of hydrogen-bond donors (Lipinski definition) is 3. The van der Waals surface area contributed by atoms with E-state index in [1.165, 1.54) is 0 Å². The molecule has 3 N–H and O–H groups in total. The van der Waals surface area contributed by atoms with Crippen LogP contribution in [0.3, 0.4) is 0 Å². The van der Waals surface area contributed by atoms with E-state index in [1.54, 1.807) is 0 Å². The molecule has 2 aromatic rings. The molecule has 7 nitrogen and oxygen atoms in total. The lowest BCUT2D eigenvalue weighted by molar-refractivity contribution is 0.0453. The van der Waals surface area contributed by atoms with Crippen molar-refractivity contribution in [1.29, 1.82) is 0 Å². The number of halogens is 1. The van der Waals surface area contributed by atoms with Crippen molar-refractivity contribution in [3.63, 3.8) is 0 Å². The number of rotatable bonds is 8. The maximum atomic E-state index is 12.5. The molecule has 1 aliphatic rings. The van der Waals surface area contributed by atoms with Crippen LogP contribution in [-0.2, 0) is 29.0 Å². The van der Waals surface area contributed by atoms with Gasteiger partial charge in [0.25, 0.3) is 5.91 Å². The van der Waals surface area contributed by atoms with Crippen LogP contribution < -0.4 is 10.6 Å². The summed E-state index contributed by atoms with van der Waals surface area (Å²) < 4.78 is 10.8. The van der Waals surface area contributed by atoms with E-state index < -0.39 is 0 Å². The van der Waals surface area contributed by atoms with E-state index >= 15 is 0 Å². The van der Waals surface area contributed by atoms with E-state index in [0.29, 0.717) is 38.7 Å². The number of benzene rings is 1. The highest BCUT2D eigenvalue weighted by Crippen LogP contribution is 2.18. The predicted molar refractivity (Wildman–Crippen MR) is 102 cm³/mol. The van der Waals surface area contributed by atoms with Crippen LogP contribution in [0.15, 0.2) is 24.3 Å². The van der Waals surface area contributed by atoms with Crippen molar-refractivity contribution in [2.75, 3.05) is 31.7 Å². The van der Waals surface area contributed by atoms with Gasteiger partial charge in [0.2, 0.25) is 0 Å². The van der Waals surface area contributed by atoms with E-state index in [4.69, 9.17) is 9.47 Å². The third-order valence-corrected chi connectivity index (χ3v) is 4.05. The molecule has 0 radical (unpaired) electrons. The summed E-state index contributed by atoms with van der Waals surface area (Å²) in [4.78, 5) is 12.5. The van der Waals surface area contributed by atoms with Crippen LogP contribution in [-0.4, -0.2) is 42.5 Å². The van der Waals surface area contributed by atoms with Crippen LogP contribution in [0.4, 0.5) is 5.69 Å². The average molecular weight is 381 g/mol. The second kappa shape index (κ2) is 10.3. The molecule has 1 amide bonds. The maximum Gasteiger partial charge on any atom is 0.276 e. The fraction of sp³-hybridized carbons (Fsp3) is 0.444. The van der Waals surface area contributed by atoms with E-state index in [2.05, 4.69) is 20.8 Å². The molecule has 0 spiro atoms. The first-order valence-electron chi connectivity index (χ1n) is 8.60. The summed E-state index contributed by atoms with van der Waals surface area (Å²) in [6.07, 6.45) is 0.865. The second-order valence-corrected chi connectivity index (χ2v) is 5.86. The molecule has 0 unspecified atom stereocenters. The van der Waals surface area contributed by atoms with Gasteiger partial charge >= 0.3 is 0 Å². The molecule has 1 aliphatic heterocycles. The monoisotopic (exact) mass is 380 g/mol. The van der Waals surface area contributed by atoms with Gasteiger partial charge in [-0.25, -0.2) is 0 Å². The number of nitrogens with zero attached hydrogens (tertiary/aromatic N) is 1. The number of aromatic amines is 1. The predicted octanol–water partition coefficient (Wildman–Crippen LogP) is 2.28. The van der Waals surface area contributed by atoms with Gasteiger partial charge < -0.3 is 20.1 Å². The molecule has 0 fully saturated rings. The standard InChI is InChI=1S/C18H24N4O3.ClH/c1-2-24-8-9-25-12-13-4-3-5-14(10-13)20-18(23)17-15-11-19-7-6-16(15)21-22-17;/h3-5,10,19H,2,6-9,11-12H2,1H3,(H,20,23)(H,21,22);1H. The number of hydrogen-bond acceptors (Lipinski definition) is 5. The van der Waals surface area contributed by atoms with Crippen LogP contribution in [0.5, 0.6) is 0 Å². The van der Waals surface area contributed by atoms with E-state index in [1.807, 2.05) is 31.2 Å². The summed E-state index contributed by atoms with van der Waals surface area (Å²) in [5, 5.41) is 13.3. The van der Waals surface area contributed by atoms with Gasteiger partial charge in [0.15, 0.2) is 5.69 Å². The topological polar surface area (TPSA) is 88.3 Å². The Morgan fingerprint density at radius 2 is 2.15 bits per heavy atom. The fourth-order valence-corrected chi connectivity index (χ4v) is 2.79. The Balaban J connectivity index is 0.00000243. The number of aromatic nitrogens is 2. The molecule has 0 bridgehead atoms.